The van der Waals surface area contributed by atoms with Gasteiger partial charge in [-0.1, -0.05) is 54.9 Å². The highest BCUT2D eigenvalue weighted by Gasteiger charge is 2.31. The predicted octanol–water partition coefficient (Wildman–Crippen LogP) is 4.58. The van der Waals surface area contributed by atoms with Gasteiger partial charge in [-0.25, -0.2) is 9.78 Å². The number of pyridine rings is 1. The van der Waals surface area contributed by atoms with Crippen LogP contribution in [-0.2, 0) is 25.7 Å². The molecule has 220 valence electrons. The number of nitrogens with two attached hydrogens (primary N) is 1. The summed E-state index contributed by atoms with van der Waals surface area (Å²) in [5.41, 5.74) is 3.88. The summed E-state index contributed by atoms with van der Waals surface area (Å²) in [5.74, 6) is 5.11. The number of hydrogen-bond donors (Lipinski definition) is 4. The third-order valence-corrected chi connectivity index (χ3v) is 5.89. The Balaban J connectivity index is 1.97. The normalized spacial score (nSPS) is 12.5. The van der Waals surface area contributed by atoms with E-state index < -0.39 is 11.9 Å². The minimum Gasteiger partial charge on any atom is -0.446 e. The van der Waals surface area contributed by atoms with Crippen LogP contribution in [0.5, 0.6) is 0 Å². The van der Waals surface area contributed by atoms with Gasteiger partial charge in [0.05, 0.1) is 5.69 Å². The summed E-state index contributed by atoms with van der Waals surface area (Å²) < 4.78 is 17.4. The lowest BCUT2D eigenvalue weighted by atomic mass is 10.0. The van der Waals surface area contributed by atoms with Crippen LogP contribution in [0, 0.1) is 5.41 Å². The van der Waals surface area contributed by atoms with Crippen LogP contribution in [0.15, 0.2) is 53.7 Å². The van der Waals surface area contributed by atoms with Crippen molar-refractivity contribution in [3.05, 3.63) is 59.8 Å². The summed E-state index contributed by atoms with van der Waals surface area (Å²) >= 11 is 0. The van der Waals surface area contributed by atoms with Gasteiger partial charge in [-0.05, 0) is 39.3 Å². The molecular weight excluding hydrogens is 514 g/mol. The van der Waals surface area contributed by atoms with Gasteiger partial charge in [0.1, 0.15) is 11.9 Å². The molecule has 0 radical (unpaired) electrons. The van der Waals surface area contributed by atoms with E-state index in [9.17, 15) is 4.79 Å². The fourth-order valence-electron chi connectivity index (χ4n) is 4.01. The van der Waals surface area contributed by atoms with Crippen molar-refractivity contribution in [3.63, 3.8) is 0 Å². The van der Waals surface area contributed by atoms with Crippen molar-refractivity contribution in [1.82, 2.24) is 15.5 Å². The van der Waals surface area contributed by atoms with Crippen molar-refractivity contribution >= 4 is 23.5 Å². The number of anilines is 1. The number of amides is 1. The van der Waals surface area contributed by atoms with Gasteiger partial charge in [0, 0.05) is 38.7 Å². The average molecular weight is 558 g/mol. The number of nitrogens with one attached hydrogen (secondary N) is 3. The molecule has 1 amide bonds. The fourth-order valence-corrected chi connectivity index (χ4v) is 4.01. The van der Waals surface area contributed by atoms with Crippen molar-refractivity contribution < 1.29 is 23.8 Å². The number of aromatic nitrogens is 1. The second-order valence-corrected chi connectivity index (χ2v) is 9.04. The quantitative estimate of drug-likeness (QED) is 0.0719. The maximum absolute atomic E-state index is 12.5. The molecular formula is C28H43N7O5. The molecule has 1 aromatic carbocycles. The molecule has 12 heteroatoms. The Kier molecular flexibility index (Phi) is 14.0. The Hall–Kier alpha value is -3.58. The van der Waals surface area contributed by atoms with Crippen LogP contribution in [-0.4, -0.2) is 59.8 Å². The second-order valence-electron chi connectivity index (χ2n) is 9.04. The first kappa shape index (κ1) is 32.6. The summed E-state index contributed by atoms with van der Waals surface area (Å²) in [6.07, 6.45) is 1.92. The molecule has 0 saturated heterocycles. The SMILES string of the molecule is CCCC(CCC(C)OC(=O)Nc1cccc(CO/N=C(\C(=N)N(C)NN)c2ccccc2)n1)(OCC)OCC. The van der Waals surface area contributed by atoms with E-state index in [0.717, 1.165) is 12.8 Å². The number of carbonyl (C=O) groups is 1. The Bertz CT molecular complexity index is 1070. The number of ether oxygens (including phenoxy) is 3. The molecule has 1 heterocycles. The van der Waals surface area contributed by atoms with Crippen molar-refractivity contribution in [2.24, 2.45) is 11.0 Å². The first-order valence-corrected chi connectivity index (χ1v) is 13.5. The summed E-state index contributed by atoms with van der Waals surface area (Å²) in [7, 11) is 1.59. The molecule has 0 saturated carbocycles. The van der Waals surface area contributed by atoms with Gasteiger partial charge in [-0.2, -0.15) is 5.53 Å². The van der Waals surface area contributed by atoms with E-state index in [-0.39, 0.29) is 24.3 Å². The van der Waals surface area contributed by atoms with E-state index in [1.165, 1.54) is 5.01 Å². The van der Waals surface area contributed by atoms with Gasteiger partial charge in [-0.3, -0.25) is 21.6 Å². The Morgan fingerprint density at radius 1 is 1.10 bits per heavy atom. The number of nitrogens with zero attached hydrogens (tertiary/aromatic N) is 3. The van der Waals surface area contributed by atoms with Crippen molar-refractivity contribution in [1.29, 1.82) is 5.41 Å². The monoisotopic (exact) mass is 557 g/mol. The van der Waals surface area contributed by atoms with Crippen molar-refractivity contribution in [2.45, 2.75) is 71.9 Å². The van der Waals surface area contributed by atoms with Crippen molar-refractivity contribution in [3.8, 4) is 0 Å². The number of carbonyl (C=O) groups excluding carboxylic acids is 1. The van der Waals surface area contributed by atoms with E-state index in [2.05, 4.69) is 27.9 Å². The number of benzene rings is 1. The number of hydrogen-bond acceptors (Lipinski definition) is 10. The highest BCUT2D eigenvalue weighted by atomic mass is 16.7. The fraction of sp³-hybridized carbons (Fsp3) is 0.500. The zero-order valence-corrected chi connectivity index (χ0v) is 24.1. The summed E-state index contributed by atoms with van der Waals surface area (Å²) in [5, 5.41) is 16.5. The molecule has 12 nitrogen and oxygen atoms in total. The molecule has 1 atom stereocenters. The number of amidine groups is 1. The third kappa shape index (κ3) is 10.5. The zero-order valence-electron chi connectivity index (χ0n) is 24.1. The van der Waals surface area contributed by atoms with Gasteiger partial charge in [-0.15, -0.1) is 0 Å². The first-order chi connectivity index (χ1) is 19.3. The average Bonchev–Trinajstić information content (AvgIpc) is 2.94. The van der Waals surface area contributed by atoms with Gasteiger partial charge in [0.25, 0.3) is 0 Å². The Morgan fingerprint density at radius 3 is 2.42 bits per heavy atom. The lowest BCUT2D eigenvalue weighted by Gasteiger charge is -2.34. The van der Waals surface area contributed by atoms with Crippen LogP contribution in [0.3, 0.4) is 0 Å². The van der Waals surface area contributed by atoms with Crippen LogP contribution in [0.4, 0.5) is 10.6 Å². The Labute approximate surface area is 236 Å². The van der Waals surface area contributed by atoms with E-state index in [1.54, 1.807) is 25.2 Å². The van der Waals surface area contributed by atoms with Gasteiger partial charge < -0.3 is 19.0 Å². The second kappa shape index (κ2) is 17.2. The molecule has 0 aliphatic rings. The number of rotatable bonds is 17. The standard InChI is InChI=1S/C28H43N7O5/c1-6-18-28(37-7-2,38-8-3)19-17-21(4)40-27(36)32-24-16-12-15-23(31-24)20-39-33-25(26(29)35(5)34-30)22-13-10-9-11-14-22/h9-16,21,29,34H,6-8,17-20,30H2,1-5H3,(H,31,32,36)/b29-26?,33-25-. The van der Waals surface area contributed by atoms with Gasteiger partial charge >= 0.3 is 6.09 Å². The highest BCUT2D eigenvalue weighted by Crippen LogP contribution is 2.27. The minimum atomic E-state index is -0.667. The maximum atomic E-state index is 12.5. The molecule has 0 bridgehead atoms. The number of hydrazine groups is 2. The van der Waals surface area contributed by atoms with Crippen LogP contribution in [0.1, 0.15) is 64.6 Å². The smallest absolute Gasteiger partial charge is 0.413 e. The number of likely N-dealkylation sites (N-methyl/N-ethyl adjacent to an activating group) is 1. The molecule has 0 aliphatic carbocycles. The molecule has 2 rings (SSSR count). The molecule has 1 aromatic heterocycles. The van der Waals surface area contributed by atoms with Crippen LogP contribution in [0.25, 0.3) is 0 Å². The first-order valence-electron chi connectivity index (χ1n) is 13.5. The molecule has 1 unspecified atom stereocenters. The largest absolute Gasteiger partial charge is 0.446 e. The van der Waals surface area contributed by atoms with Crippen LogP contribution >= 0.6 is 0 Å². The van der Waals surface area contributed by atoms with Gasteiger partial charge in [0.15, 0.2) is 23.9 Å². The van der Waals surface area contributed by atoms with Gasteiger partial charge in [0.2, 0.25) is 0 Å². The molecule has 0 aliphatic heterocycles. The lowest BCUT2D eigenvalue weighted by Crippen LogP contribution is -2.46. The molecule has 5 N–H and O–H groups in total. The Morgan fingerprint density at radius 2 is 1.80 bits per heavy atom. The molecule has 0 spiro atoms. The molecule has 0 fully saturated rings. The zero-order chi connectivity index (χ0) is 29.4. The van der Waals surface area contributed by atoms with E-state index in [4.69, 9.17) is 30.3 Å². The predicted molar refractivity (Wildman–Crippen MR) is 155 cm³/mol. The van der Waals surface area contributed by atoms with E-state index in [1.807, 2.05) is 51.1 Å². The third-order valence-electron chi connectivity index (χ3n) is 5.89. The van der Waals surface area contributed by atoms with Crippen LogP contribution in [0.2, 0.25) is 0 Å². The minimum absolute atomic E-state index is 0.0126. The summed E-state index contributed by atoms with van der Waals surface area (Å²) in [4.78, 5) is 22.5. The maximum Gasteiger partial charge on any atom is 0.413 e. The van der Waals surface area contributed by atoms with Crippen LogP contribution < -0.4 is 16.7 Å². The van der Waals surface area contributed by atoms with E-state index in [0.29, 0.717) is 43.1 Å². The molecule has 40 heavy (non-hydrogen) atoms. The number of oxime groups is 1. The summed E-state index contributed by atoms with van der Waals surface area (Å²) in [6, 6.07) is 14.3. The lowest BCUT2D eigenvalue weighted by molar-refractivity contribution is -0.243. The topological polar surface area (TPSA) is 156 Å². The van der Waals surface area contributed by atoms with Crippen molar-refractivity contribution in [2.75, 3.05) is 25.6 Å². The molecule has 2 aromatic rings. The highest BCUT2D eigenvalue weighted by molar-refractivity contribution is 6.46. The summed E-state index contributed by atoms with van der Waals surface area (Å²) in [6.45, 7) is 8.92. The van der Waals surface area contributed by atoms with E-state index >= 15 is 0 Å².